The normalized spacial score (nSPS) is 10.5. The lowest BCUT2D eigenvalue weighted by molar-refractivity contribution is 0.0595. The molecule has 0 amide bonds. The molecule has 0 aromatic carbocycles. The summed E-state index contributed by atoms with van der Waals surface area (Å²) in [6.07, 6.45) is 3.26. The zero-order valence-electron chi connectivity index (χ0n) is 13.9. The monoisotopic (exact) mass is 337 g/mol. The predicted octanol–water partition coefficient (Wildman–Crippen LogP) is 1.42. The van der Waals surface area contributed by atoms with E-state index in [1.807, 2.05) is 19.2 Å². The summed E-state index contributed by atoms with van der Waals surface area (Å²) in [6.45, 7) is 1.85. The van der Waals surface area contributed by atoms with Gasteiger partial charge in [-0.3, -0.25) is 9.78 Å². The Bertz CT molecular complexity index is 1010. The summed E-state index contributed by atoms with van der Waals surface area (Å²) in [7, 11) is 3.07. The number of pyridine rings is 1. The predicted molar refractivity (Wildman–Crippen MR) is 89.2 cm³/mol. The van der Waals surface area contributed by atoms with Crippen LogP contribution in [0.15, 0.2) is 18.5 Å². The first-order valence-corrected chi connectivity index (χ1v) is 7.29. The number of nitrogens with zero attached hydrogens (tertiary/aromatic N) is 5. The Labute approximate surface area is 143 Å². The fraction of sp³-hybridized carbons (Fsp3) is 0.188. The molecule has 0 fully saturated rings. The number of aryl methyl sites for hydroxylation is 2. The smallest absolute Gasteiger partial charge is 0.356 e. The number of carbonyl (C=O) groups is 1. The van der Waals surface area contributed by atoms with E-state index in [1.54, 1.807) is 17.8 Å². The molecule has 3 rings (SSSR count). The van der Waals surface area contributed by atoms with Crippen molar-refractivity contribution in [1.29, 1.82) is 5.26 Å². The van der Waals surface area contributed by atoms with Crippen LogP contribution in [-0.2, 0) is 11.8 Å². The second-order valence-electron chi connectivity index (χ2n) is 5.38. The molecule has 0 aliphatic heterocycles. The van der Waals surface area contributed by atoms with E-state index in [2.05, 4.69) is 20.3 Å². The number of hydrogen-bond acceptors (Lipinski definition) is 7. The van der Waals surface area contributed by atoms with Crippen molar-refractivity contribution in [2.75, 3.05) is 12.8 Å². The molecule has 0 aliphatic carbocycles. The van der Waals surface area contributed by atoms with Crippen LogP contribution in [0.2, 0.25) is 0 Å². The molecule has 3 heterocycles. The van der Waals surface area contributed by atoms with Gasteiger partial charge in [-0.05, 0) is 13.0 Å². The highest BCUT2D eigenvalue weighted by molar-refractivity contribution is 5.97. The molecule has 9 nitrogen and oxygen atoms in total. The first-order chi connectivity index (χ1) is 12.0. The lowest BCUT2D eigenvalue weighted by Gasteiger charge is -2.09. The largest absolute Gasteiger partial charge is 0.464 e. The standard InChI is InChI=1S/C16H15N7O2/c1-8-12(7-23(2)22-8)13-4-9(10(5-17)15(18)20-13)11-6-19-21-14(11)16(24)25-3/h4,6-7H,1-3H3,(H2,18,20)(H,19,21). The molecule has 3 aromatic rings. The van der Waals surface area contributed by atoms with E-state index in [1.165, 1.54) is 13.3 Å². The number of anilines is 1. The number of nitriles is 1. The Morgan fingerprint density at radius 2 is 2.16 bits per heavy atom. The number of aromatic amines is 1. The van der Waals surface area contributed by atoms with Crippen molar-refractivity contribution in [3.8, 4) is 28.5 Å². The highest BCUT2D eigenvalue weighted by Gasteiger charge is 2.22. The third-order valence-electron chi connectivity index (χ3n) is 3.77. The molecule has 0 radical (unpaired) electrons. The number of nitrogens with two attached hydrogens (primary N) is 1. The Morgan fingerprint density at radius 1 is 1.40 bits per heavy atom. The summed E-state index contributed by atoms with van der Waals surface area (Å²) in [5.74, 6) is -0.527. The summed E-state index contributed by atoms with van der Waals surface area (Å²) in [6, 6.07) is 3.72. The van der Waals surface area contributed by atoms with Crippen LogP contribution in [0, 0.1) is 18.3 Å². The van der Waals surface area contributed by atoms with Crippen LogP contribution in [0.3, 0.4) is 0 Å². The van der Waals surface area contributed by atoms with Gasteiger partial charge in [-0.15, -0.1) is 0 Å². The first-order valence-electron chi connectivity index (χ1n) is 7.29. The first kappa shape index (κ1) is 16.2. The minimum atomic E-state index is -0.592. The maximum Gasteiger partial charge on any atom is 0.356 e. The van der Waals surface area contributed by atoms with Crippen LogP contribution in [0.25, 0.3) is 22.4 Å². The average Bonchev–Trinajstić information content (AvgIpc) is 3.19. The summed E-state index contributed by atoms with van der Waals surface area (Å²) < 4.78 is 6.41. The van der Waals surface area contributed by atoms with Crippen molar-refractivity contribution in [2.24, 2.45) is 7.05 Å². The van der Waals surface area contributed by atoms with E-state index < -0.39 is 5.97 Å². The number of ether oxygens (including phenoxy) is 1. The molecule has 0 spiro atoms. The van der Waals surface area contributed by atoms with Gasteiger partial charge in [0.1, 0.15) is 17.5 Å². The molecule has 0 atom stereocenters. The minimum absolute atomic E-state index is 0.0651. The Balaban J connectivity index is 2.27. The maximum absolute atomic E-state index is 11.9. The van der Waals surface area contributed by atoms with Crippen molar-refractivity contribution in [1.82, 2.24) is 25.0 Å². The Kier molecular flexibility index (Phi) is 3.94. The maximum atomic E-state index is 11.9. The van der Waals surface area contributed by atoms with Gasteiger partial charge < -0.3 is 10.5 Å². The molecule has 3 aromatic heterocycles. The van der Waals surface area contributed by atoms with E-state index in [9.17, 15) is 10.1 Å². The number of aromatic nitrogens is 5. The van der Waals surface area contributed by atoms with Gasteiger partial charge in [-0.25, -0.2) is 9.78 Å². The summed E-state index contributed by atoms with van der Waals surface area (Å²) in [5, 5.41) is 20.2. The molecule has 3 N–H and O–H groups in total. The van der Waals surface area contributed by atoms with Crippen molar-refractivity contribution < 1.29 is 9.53 Å². The van der Waals surface area contributed by atoms with Gasteiger partial charge >= 0.3 is 5.97 Å². The molecular weight excluding hydrogens is 322 g/mol. The van der Waals surface area contributed by atoms with Gasteiger partial charge in [0.2, 0.25) is 0 Å². The van der Waals surface area contributed by atoms with Gasteiger partial charge in [0, 0.05) is 29.9 Å². The second-order valence-corrected chi connectivity index (χ2v) is 5.38. The quantitative estimate of drug-likeness (QED) is 0.690. The molecule has 0 aliphatic rings. The van der Waals surface area contributed by atoms with E-state index in [4.69, 9.17) is 10.5 Å². The number of nitrogens with one attached hydrogen (secondary N) is 1. The van der Waals surface area contributed by atoms with Gasteiger partial charge in [-0.2, -0.15) is 15.5 Å². The van der Waals surface area contributed by atoms with Crippen molar-refractivity contribution in [3.63, 3.8) is 0 Å². The third-order valence-corrected chi connectivity index (χ3v) is 3.77. The lowest BCUT2D eigenvalue weighted by atomic mass is 9.99. The van der Waals surface area contributed by atoms with E-state index in [0.717, 1.165) is 11.3 Å². The second kappa shape index (κ2) is 6.09. The van der Waals surface area contributed by atoms with Crippen molar-refractivity contribution in [2.45, 2.75) is 6.92 Å². The van der Waals surface area contributed by atoms with Crippen LogP contribution in [-0.4, -0.2) is 38.0 Å². The zero-order chi connectivity index (χ0) is 18.1. The third kappa shape index (κ3) is 2.70. The molecule has 0 saturated carbocycles. The van der Waals surface area contributed by atoms with Crippen LogP contribution in [0.1, 0.15) is 21.7 Å². The van der Waals surface area contributed by atoms with E-state index in [0.29, 0.717) is 16.8 Å². The molecule has 9 heteroatoms. The van der Waals surface area contributed by atoms with Crippen molar-refractivity contribution in [3.05, 3.63) is 35.4 Å². The summed E-state index contributed by atoms with van der Waals surface area (Å²) in [4.78, 5) is 16.2. The molecule has 0 bridgehead atoms. The van der Waals surface area contributed by atoms with Crippen molar-refractivity contribution >= 4 is 11.8 Å². The lowest BCUT2D eigenvalue weighted by Crippen LogP contribution is -2.05. The Morgan fingerprint density at radius 3 is 2.76 bits per heavy atom. The van der Waals surface area contributed by atoms with Crippen LogP contribution >= 0.6 is 0 Å². The minimum Gasteiger partial charge on any atom is -0.464 e. The molecule has 0 saturated heterocycles. The Hall–Kier alpha value is -3.67. The number of H-pyrrole nitrogens is 1. The highest BCUT2D eigenvalue weighted by atomic mass is 16.5. The summed E-state index contributed by atoms with van der Waals surface area (Å²) >= 11 is 0. The van der Waals surface area contributed by atoms with Crippen LogP contribution in [0.5, 0.6) is 0 Å². The average molecular weight is 337 g/mol. The van der Waals surface area contributed by atoms with Gasteiger partial charge in [0.25, 0.3) is 0 Å². The molecular formula is C16H15N7O2. The number of hydrogen-bond donors (Lipinski definition) is 2. The molecule has 0 unspecified atom stereocenters. The zero-order valence-corrected chi connectivity index (χ0v) is 13.9. The molecule has 25 heavy (non-hydrogen) atoms. The number of nitrogen functional groups attached to an aromatic ring is 1. The SMILES string of the molecule is COC(=O)c1[nH]ncc1-c1cc(-c2cn(C)nc2C)nc(N)c1C#N. The number of carbonyl (C=O) groups excluding carboxylic acids is 1. The summed E-state index contributed by atoms with van der Waals surface area (Å²) in [5.41, 5.74) is 9.25. The fourth-order valence-electron chi connectivity index (χ4n) is 2.63. The van der Waals surface area contributed by atoms with Gasteiger partial charge in [0.05, 0.1) is 24.7 Å². The van der Waals surface area contributed by atoms with Crippen LogP contribution in [0.4, 0.5) is 5.82 Å². The topological polar surface area (TPSA) is 136 Å². The van der Waals surface area contributed by atoms with Crippen LogP contribution < -0.4 is 5.73 Å². The van der Waals surface area contributed by atoms with E-state index >= 15 is 0 Å². The van der Waals surface area contributed by atoms with E-state index in [-0.39, 0.29) is 17.1 Å². The number of methoxy groups -OCH3 is 1. The number of rotatable bonds is 3. The van der Waals surface area contributed by atoms with Gasteiger partial charge in [0.15, 0.2) is 5.69 Å². The molecule has 126 valence electrons. The van der Waals surface area contributed by atoms with Gasteiger partial charge in [-0.1, -0.05) is 0 Å². The fourth-order valence-corrected chi connectivity index (χ4v) is 2.63. The number of esters is 1. The highest BCUT2D eigenvalue weighted by Crippen LogP contribution is 2.33.